The van der Waals surface area contributed by atoms with E-state index in [1.165, 1.54) is 16.7 Å². The standard InChI is InChI=1S/C22H22FN3O3/c1-13-19-16(14-4-5-14)10-17(22(28)29)21(27)26(19)12-18(23)20(13)25-9-6-15(11-25)24-7-2-3-8-24/h2-3,7-8,10,12,14-15H,4-6,9,11H2,1H3,(H,28,29)/t15-/m0/s1. The molecule has 1 N–H and O–H groups in total. The minimum Gasteiger partial charge on any atom is -0.477 e. The molecule has 0 spiro atoms. The predicted molar refractivity (Wildman–Crippen MR) is 108 cm³/mol. The van der Waals surface area contributed by atoms with Crippen molar-refractivity contribution in [2.45, 2.75) is 38.1 Å². The van der Waals surface area contributed by atoms with Crippen molar-refractivity contribution < 1.29 is 14.3 Å². The maximum atomic E-state index is 15.2. The first-order chi connectivity index (χ1) is 14.0. The first-order valence-electron chi connectivity index (χ1n) is 9.94. The number of hydrogen-bond acceptors (Lipinski definition) is 3. The number of aryl methyl sites for hydroxylation is 1. The van der Waals surface area contributed by atoms with Gasteiger partial charge >= 0.3 is 5.97 Å². The largest absolute Gasteiger partial charge is 0.477 e. The van der Waals surface area contributed by atoms with Gasteiger partial charge in [0.25, 0.3) is 5.56 Å². The van der Waals surface area contributed by atoms with Gasteiger partial charge in [0.05, 0.1) is 23.4 Å². The van der Waals surface area contributed by atoms with Gasteiger partial charge < -0.3 is 14.6 Å². The van der Waals surface area contributed by atoms with Crippen molar-refractivity contribution in [3.63, 3.8) is 0 Å². The molecule has 3 aromatic heterocycles. The van der Waals surface area contributed by atoms with Crippen LogP contribution in [0.5, 0.6) is 0 Å². The van der Waals surface area contributed by atoms with E-state index < -0.39 is 17.3 Å². The van der Waals surface area contributed by atoms with E-state index in [1.807, 2.05) is 36.4 Å². The number of nitrogens with zero attached hydrogens (tertiary/aromatic N) is 3. The lowest BCUT2D eigenvalue weighted by molar-refractivity contribution is 0.0694. The molecule has 29 heavy (non-hydrogen) atoms. The Morgan fingerprint density at radius 3 is 2.59 bits per heavy atom. The molecule has 1 saturated heterocycles. The predicted octanol–water partition coefficient (Wildman–Crippen LogP) is 3.58. The van der Waals surface area contributed by atoms with Gasteiger partial charge in [0.2, 0.25) is 0 Å². The fourth-order valence-electron chi connectivity index (χ4n) is 4.67. The third-order valence-electron chi connectivity index (χ3n) is 6.22. The summed E-state index contributed by atoms with van der Waals surface area (Å²) in [6, 6.07) is 5.75. The first kappa shape index (κ1) is 18.0. The van der Waals surface area contributed by atoms with E-state index in [0.29, 0.717) is 23.3 Å². The molecule has 0 bridgehead atoms. The summed E-state index contributed by atoms with van der Waals surface area (Å²) in [5.41, 5.74) is 1.73. The average Bonchev–Trinajstić information content (AvgIpc) is 3.16. The van der Waals surface area contributed by atoms with Crippen LogP contribution >= 0.6 is 0 Å². The zero-order chi connectivity index (χ0) is 20.3. The Kier molecular flexibility index (Phi) is 4.01. The highest BCUT2D eigenvalue weighted by molar-refractivity contribution is 5.89. The van der Waals surface area contributed by atoms with E-state index in [2.05, 4.69) is 4.57 Å². The molecular formula is C22H22FN3O3. The molecule has 1 saturated carbocycles. The van der Waals surface area contributed by atoms with Crippen molar-refractivity contribution in [3.05, 3.63) is 69.7 Å². The summed E-state index contributed by atoms with van der Waals surface area (Å²) in [7, 11) is 0. The summed E-state index contributed by atoms with van der Waals surface area (Å²) in [6.07, 6.45) is 8.04. The lowest BCUT2D eigenvalue weighted by Gasteiger charge is -2.24. The number of anilines is 1. The van der Waals surface area contributed by atoms with Crippen molar-refractivity contribution >= 4 is 17.2 Å². The zero-order valence-corrected chi connectivity index (χ0v) is 16.1. The molecule has 1 atom stereocenters. The van der Waals surface area contributed by atoms with Gasteiger partial charge in [-0.3, -0.25) is 9.20 Å². The lowest BCUT2D eigenvalue weighted by Crippen LogP contribution is -2.27. The Balaban J connectivity index is 1.66. The summed E-state index contributed by atoms with van der Waals surface area (Å²) >= 11 is 0. The molecule has 4 heterocycles. The average molecular weight is 395 g/mol. The van der Waals surface area contributed by atoms with Crippen LogP contribution in [-0.2, 0) is 0 Å². The van der Waals surface area contributed by atoms with Crippen LogP contribution in [0.25, 0.3) is 5.52 Å². The van der Waals surface area contributed by atoms with Crippen LogP contribution < -0.4 is 10.5 Å². The maximum absolute atomic E-state index is 15.2. The van der Waals surface area contributed by atoms with E-state index >= 15 is 4.39 Å². The van der Waals surface area contributed by atoms with Gasteiger partial charge in [-0.25, -0.2) is 9.18 Å². The minimum absolute atomic E-state index is 0.229. The number of aromatic carboxylic acids is 1. The second kappa shape index (κ2) is 6.47. The highest BCUT2D eigenvalue weighted by Crippen LogP contribution is 2.44. The van der Waals surface area contributed by atoms with Gasteiger partial charge in [-0.15, -0.1) is 0 Å². The van der Waals surface area contributed by atoms with Gasteiger partial charge in [-0.05, 0) is 61.4 Å². The molecule has 5 rings (SSSR count). The Morgan fingerprint density at radius 1 is 1.21 bits per heavy atom. The molecule has 1 aliphatic heterocycles. The number of hydrogen-bond donors (Lipinski definition) is 1. The first-order valence-corrected chi connectivity index (χ1v) is 9.94. The molecule has 0 radical (unpaired) electrons. The number of pyridine rings is 2. The van der Waals surface area contributed by atoms with Crippen molar-refractivity contribution in [1.29, 1.82) is 0 Å². The van der Waals surface area contributed by atoms with Gasteiger partial charge in [-0.1, -0.05) is 0 Å². The SMILES string of the molecule is Cc1c(N2CC[C@H](n3cccc3)C2)c(F)cn2c(=O)c(C(=O)O)cc(C3CC3)c12. The highest BCUT2D eigenvalue weighted by Gasteiger charge is 2.32. The third kappa shape index (κ3) is 2.84. The van der Waals surface area contributed by atoms with Crippen LogP contribution in [0.4, 0.5) is 10.1 Å². The smallest absolute Gasteiger partial charge is 0.341 e. The van der Waals surface area contributed by atoms with Crippen LogP contribution in [-0.4, -0.2) is 33.1 Å². The summed E-state index contributed by atoms with van der Waals surface area (Å²) in [5, 5.41) is 9.42. The number of carboxylic acid groups (broad SMARTS) is 1. The summed E-state index contributed by atoms with van der Waals surface area (Å²) in [6.45, 7) is 3.26. The Hall–Kier alpha value is -3.09. The number of rotatable bonds is 4. The van der Waals surface area contributed by atoms with Gasteiger partial charge in [0.15, 0.2) is 5.82 Å². The zero-order valence-electron chi connectivity index (χ0n) is 16.1. The Bertz CT molecular complexity index is 1180. The van der Waals surface area contributed by atoms with Crippen LogP contribution in [0, 0.1) is 12.7 Å². The number of carboxylic acids is 1. The molecule has 0 amide bonds. The van der Waals surface area contributed by atoms with Gasteiger partial charge in [0.1, 0.15) is 5.56 Å². The third-order valence-corrected chi connectivity index (χ3v) is 6.22. The second-order valence-corrected chi connectivity index (χ2v) is 8.09. The minimum atomic E-state index is -1.28. The van der Waals surface area contributed by atoms with E-state index in [4.69, 9.17) is 0 Å². The molecule has 0 aromatic carbocycles. The summed E-state index contributed by atoms with van der Waals surface area (Å²) < 4.78 is 18.6. The normalized spacial score (nSPS) is 19.2. The Labute approximate surface area is 166 Å². The molecule has 150 valence electrons. The van der Waals surface area contributed by atoms with Gasteiger partial charge in [-0.2, -0.15) is 0 Å². The van der Waals surface area contributed by atoms with E-state index in [9.17, 15) is 14.7 Å². The fourth-order valence-corrected chi connectivity index (χ4v) is 4.67. The Morgan fingerprint density at radius 2 is 1.93 bits per heavy atom. The van der Waals surface area contributed by atoms with Crippen molar-refractivity contribution in [1.82, 2.24) is 8.97 Å². The van der Waals surface area contributed by atoms with Crippen LogP contribution in [0.15, 0.2) is 41.6 Å². The molecule has 0 unspecified atom stereocenters. The van der Waals surface area contributed by atoms with Crippen molar-refractivity contribution in [3.8, 4) is 0 Å². The molecule has 7 heteroatoms. The summed E-state index contributed by atoms with van der Waals surface area (Å²) in [4.78, 5) is 26.3. The molecule has 3 aromatic rings. The van der Waals surface area contributed by atoms with Crippen molar-refractivity contribution in [2.24, 2.45) is 0 Å². The molecule has 6 nitrogen and oxygen atoms in total. The molecule has 2 aliphatic rings. The number of aromatic nitrogens is 2. The van der Waals surface area contributed by atoms with Crippen molar-refractivity contribution in [2.75, 3.05) is 18.0 Å². The topological polar surface area (TPSA) is 67.0 Å². The van der Waals surface area contributed by atoms with Gasteiger partial charge in [0, 0.05) is 25.5 Å². The quantitative estimate of drug-likeness (QED) is 0.733. The van der Waals surface area contributed by atoms with Crippen LogP contribution in [0.3, 0.4) is 0 Å². The number of halogens is 1. The highest BCUT2D eigenvalue weighted by atomic mass is 19.1. The molecule has 2 fully saturated rings. The summed E-state index contributed by atoms with van der Waals surface area (Å²) in [5.74, 6) is -1.54. The lowest BCUT2D eigenvalue weighted by atomic mass is 10.0. The van der Waals surface area contributed by atoms with E-state index in [-0.39, 0.29) is 17.5 Å². The number of carbonyl (C=O) groups is 1. The fraction of sp³-hybridized carbons (Fsp3) is 0.364. The van der Waals surface area contributed by atoms with E-state index in [0.717, 1.165) is 31.4 Å². The monoisotopic (exact) mass is 395 g/mol. The van der Waals surface area contributed by atoms with E-state index in [1.54, 1.807) is 0 Å². The second-order valence-electron chi connectivity index (χ2n) is 8.09. The van der Waals surface area contributed by atoms with Crippen LogP contribution in [0.1, 0.15) is 52.7 Å². The van der Waals surface area contributed by atoms with Crippen LogP contribution in [0.2, 0.25) is 0 Å². The molecular weight excluding hydrogens is 373 g/mol. The number of fused-ring (bicyclic) bond motifs is 1. The molecule has 1 aliphatic carbocycles. The maximum Gasteiger partial charge on any atom is 0.341 e.